The molecule has 1 aromatic heterocycles. The maximum absolute atomic E-state index is 10.6. The molecule has 1 aromatic carbocycles. The summed E-state index contributed by atoms with van der Waals surface area (Å²) in [6.07, 6.45) is 0. The van der Waals surface area contributed by atoms with E-state index in [-0.39, 0.29) is 0 Å². The van der Waals surface area contributed by atoms with E-state index in [1.807, 2.05) is 32.0 Å². The molecule has 0 bridgehead atoms. The molecule has 0 saturated heterocycles. The molecule has 130 valence electrons. The lowest BCUT2D eigenvalue weighted by Gasteiger charge is -2.23. The molecule has 0 fully saturated rings. The lowest BCUT2D eigenvalue weighted by atomic mass is 10.0. The highest BCUT2D eigenvalue weighted by molar-refractivity contribution is 5.79. The van der Waals surface area contributed by atoms with Crippen LogP contribution in [0.5, 0.6) is 0 Å². The van der Waals surface area contributed by atoms with Gasteiger partial charge in [0.05, 0.1) is 13.1 Å². The molecule has 0 aliphatic carbocycles. The van der Waals surface area contributed by atoms with Gasteiger partial charge < -0.3 is 20.2 Å². The number of aryl methyl sites for hydroxylation is 2. The van der Waals surface area contributed by atoms with Crippen molar-refractivity contribution in [3.8, 4) is 0 Å². The zero-order chi connectivity index (χ0) is 17.6. The van der Waals surface area contributed by atoms with Crippen molar-refractivity contribution in [3.05, 3.63) is 59.0 Å². The van der Waals surface area contributed by atoms with Crippen LogP contribution in [0.15, 0.2) is 45.8 Å². The number of benzene rings is 1. The summed E-state index contributed by atoms with van der Waals surface area (Å²) < 4.78 is 5.54. The fraction of sp³-hybridized carbons (Fsp3) is 0.421. The molecular formula is C19H27N3O2. The van der Waals surface area contributed by atoms with Crippen molar-refractivity contribution in [2.75, 3.05) is 13.1 Å². The second kappa shape index (κ2) is 8.02. The molecule has 0 saturated carbocycles. The molecular weight excluding hydrogens is 302 g/mol. The van der Waals surface area contributed by atoms with E-state index in [0.29, 0.717) is 24.8 Å². The molecule has 0 spiro atoms. The normalized spacial score (nSPS) is 14.3. The molecule has 3 N–H and O–H groups in total. The van der Waals surface area contributed by atoms with Gasteiger partial charge in [0.15, 0.2) is 5.96 Å². The van der Waals surface area contributed by atoms with Gasteiger partial charge in [-0.15, -0.1) is 0 Å². The van der Waals surface area contributed by atoms with E-state index in [0.717, 1.165) is 12.3 Å². The third-order valence-corrected chi connectivity index (χ3v) is 3.88. The van der Waals surface area contributed by atoms with Crippen molar-refractivity contribution in [3.63, 3.8) is 0 Å². The maximum Gasteiger partial charge on any atom is 0.191 e. The summed E-state index contributed by atoms with van der Waals surface area (Å²) in [6.45, 7) is 9.32. The Hall–Kier alpha value is -2.27. The Bertz CT molecular complexity index is 689. The first-order chi connectivity index (χ1) is 11.4. The Morgan fingerprint density at radius 1 is 1.17 bits per heavy atom. The molecule has 1 atom stereocenters. The van der Waals surface area contributed by atoms with Gasteiger partial charge in [0.1, 0.15) is 17.1 Å². The third-order valence-electron chi connectivity index (χ3n) is 3.88. The number of nitrogens with one attached hydrogen (secondary N) is 2. The highest BCUT2D eigenvalue weighted by Crippen LogP contribution is 2.21. The lowest BCUT2D eigenvalue weighted by Crippen LogP contribution is -2.44. The van der Waals surface area contributed by atoms with Gasteiger partial charge in [-0.2, -0.15) is 0 Å². The van der Waals surface area contributed by atoms with Crippen molar-refractivity contribution in [1.29, 1.82) is 0 Å². The quantitative estimate of drug-likeness (QED) is 0.563. The number of hydrogen-bond donors (Lipinski definition) is 3. The first-order valence-electron chi connectivity index (χ1n) is 8.28. The highest BCUT2D eigenvalue weighted by atomic mass is 16.4. The van der Waals surface area contributed by atoms with E-state index in [2.05, 4.69) is 34.7 Å². The van der Waals surface area contributed by atoms with E-state index in [1.165, 1.54) is 11.1 Å². The standard InChI is InChI=1S/C19H27N3O2/c1-5-20-18(21-12-16-9-7-6-8-14(16)2)22-13-19(4,23)17-11-10-15(3)24-17/h6-11,23H,5,12-13H2,1-4H3,(H2,20,21,22). The second-order valence-corrected chi connectivity index (χ2v) is 6.16. The van der Waals surface area contributed by atoms with Gasteiger partial charge in [-0.05, 0) is 51.0 Å². The van der Waals surface area contributed by atoms with Crippen LogP contribution >= 0.6 is 0 Å². The molecule has 0 aliphatic rings. The van der Waals surface area contributed by atoms with Crippen molar-refractivity contribution < 1.29 is 9.52 Å². The largest absolute Gasteiger partial charge is 0.463 e. The summed E-state index contributed by atoms with van der Waals surface area (Å²) in [4.78, 5) is 4.60. The first-order valence-corrected chi connectivity index (χ1v) is 8.28. The Morgan fingerprint density at radius 2 is 1.92 bits per heavy atom. The van der Waals surface area contributed by atoms with Crippen LogP contribution in [0.25, 0.3) is 0 Å². The van der Waals surface area contributed by atoms with Crippen LogP contribution in [-0.4, -0.2) is 24.2 Å². The predicted octanol–water partition coefficient (Wildman–Crippen LogP) is 2.86. The Kier molecular flexibility index (Phi) is 6.04. The van der Waals surface area contributed by atoms with E-state index in [4.69, 9.17) is 4.42 Å². The number of nitrogens with zero attached hydrogens (tertiary/aromatic N) is 1. The van der Waals surface area contributed by atoms with Crippen molar-refractivity contribution >= 4 is 5.96 Å². The van der Waals surface area contributed by atoms with Gasteiger partial charge in [0.25, 0.3) is 0 Å². The highest BCUT2D eigenvalue weighted by Gasteiger charge is 2.27. The topological polar surface area (TPSA) is 69.8 Å². The summed E-state index contributed by atoms with van der Waals surface area (Å²) in [6, 6.07) is 11.8. The van der Waals surface area contributed by atoms with Gasteiger partial charge in [0.2, 0.25) is 0 Å². The minimum atomic E-state index is -1.10. The van der Waals surface area contributed by atoms with Crippen molar-refractivity contribution in [2.45, 2.75) is 39.8 Å². The molecule has 0 aliphatic heterocycles. The Balaban J connectivity index is 2.02. The zero-order valence-corrected chi connectivity index (χ0v) is 14.9. The number of rotatable bonds is 6. The molecule has 5 heteroatoms. The van der Waals surface area contributed by atoms with E-state index < -0.39 is 5.60 Å². The molecule has 2 rings (SSSR count). The third kappa shape index (κ3) is 4.86. The van der Waals surface area contributed by atoms with Crippen LogP contribution in [-0.2, 0) is 12.1 Å². The van der Waals surface area contributed by atoms with Gasteiger partial charge in [-0.3, -0.25) is 0 Å². The number of guanidine groups is 1. The summed E-state index contributed by atoms with van der Waals surface area (Å²) in [5.41, 5.74) is 1.30. The summed E-state index contributed by atoms with van der Waals surface area (Å²) in [5, 5.41) is 17.0. The lowest BCUT2D eigenvalue weighted by molar-refractivity contribution is 0.0378. The van der Waals surface area contributed by atoms with Gasteiger partial charge >= 0.3 is 0 Å². The fourth-order valence-corrected chi connectivity index (χ4v) is 2.36. The summed E-state index contributed by atoms with van der Waals surface area (Å²) >= 11 is 0. The molecule has 5 nitrogen and oxygen atoms in total. The van der Waals surface area contributed by atoms with Gasteiger partial charge in [-0.25, -0.2) is 4.99 Å². The van der Waals surface area contributed by atoms with Crippen molar-refractivity contribution in [2.24, 2.45) is 4.99 Å². The molecule has 1 unspecified atom stereocenters. The van der Waals surface area contributed by atoms with Crippen LogP contribution in [0.4, 0.5) is 0 Å². The average Bonchev–Trinajstić information content (AvgIpc) is 2.99. The smallest absolute Gasteiger partial charge is 0.191 e. The van der Waals surface area contributed by atoms with Crippen LogP contribution in [0.3, 0.4) is 0 Å². The van der Waals surface area contributed by atoms with E-state index in [1.54, 1.807) is 13.0 Å². The molecule has 24 heavy (non-hydrogen) atoms. The molecule has 0 radical (unpaired) electrons. The van der Waals surface area contributed by atoms with Crippen LogP contribution in [0.1, 0.15) is 36.5 Å². The van der Waals surface area contributed by atoms with Crippen LogP contribution < -0.4 is 10.6 Å². The monoisotopic (exact) mass is 329 g/mol. The van der Waals surface area contributed by atoms with Gasteiger partial charge in [-0.1, -0.05) is 24.3 Å². The summed E-state index contributed by atoms with van der Waals surface area (Å²) in [7, 11) is 0. The number of aliphatic imine (C=N–C) groups is 1. The number of aliphatic hydroxyl groups is 1. The number of hydrogen-bond acceptors (Lipinski definition) is 3. The average molecular weight is 329 g/mol. The Labute approximate surface area is 143 Å². The van der Waals surface area contributed by atoms with Crippen LogP contribution in [0.2, 0.25) is 0 Å². The molecule has 2 aromatic rings. The van der Waals surface area contributed by atoms with Gasteiger partial charge in [0, 0.05) is 6.54 Å². The minimum Gasteiger partial charge on any atom is -0.463 e. The van der Waals surface area contributed by atoms with Crippen LogP contribution in [0, 0.1) is 13.8 Å². The van der Waals surface area contributed by atoms with E-state index >= 15 is 0 Å². The van der Waals surface area contributed by atoms with E-state index in [9.17, 15) is 5.11 Å². The zero-order valence-electron chi connectivity index (χ0n) is 14.9. The SMILES string of the molecule is CCNC(=NCc1ccccc1C)NCC(C)(O)c1ccc(C)o1. The molecule has 0 amide bonds. The molecule has 1 heterocycles. The number of furan rings is 1. The minimum absolute atomic E-state index is 0.305. The summed E-state index contributed by atoms with van der Waals surface area (Å²) in [5.74, 6) is 2.00. The Morgan fingerprint density at radius 3 is 2.54 bits per heavy atom. The van der Waals surface area contributed by atoms with Crippen molar-refractivity contribution in [1.82, 2.24) is 10.6 Å². The maximum atomic E-state index is 10.6. The first kappa shape index (κ1) is 18.1. The fourth-order valence-electron chi connectivity index (χ4n) is 2.36. The predicted molar refractivity (Wildman–Crippen MR) is 97.0 cm³/mol. The second-order valence-electron chi connectivity index (χ2n) is 6.16.